The first-order chi connectivity index (χ1) is 22.0. The van der Waals surface area contributed by atoms with Crippen LogP contribution in [0, 0.1) is 0 Å². The van der Waals surface area contributed by atoms with Crippen LogP contribution in [0.2, 0.25) is 0 Å². The highest BCUT2D eigenvalue weighted by atomic mass is 32.2. The van der Waals surface area contributed by atoms with E-state index in [1.165, 1.54) is 60.1 Å². The van der Waals surface area contributed by atoms with Gasteiger partial charge < -0.3 is 4.98 Å². The van der Waals surface area contributed by atoms with Crippen LogP contribution < -0.4 is 0 Å². The molecule has 2 heterocycles. The fourth-order valence-corrected chi connectivity index (χ4v) is 7.03. The molecular formula is C43H40N2S. The zero-order valence-electron chi connectivity index (χ0n) is 27.5. The summed E-state index contributed by atoms with van der Waals surface area (Å²) in [6.07, 6.45) is 0. The highest BCUT2D eigenvalue weighted by molar-refractivity contribution is 7.99. The molecule has 0 fully saturated rings. The monoisotopic (exact) mass is 616 g/mol. The number of nitrogens with zero attached hydrogens (tertiary/aromatic N) is 1. The van der Waals surface area contributed by atoms with E-state index in [9.17, 15) is 0 Å². The van der Waals surface area contributed by atoms with Crippen LogP contribution in [-0.4, -0.2) is 9.97 Å². The van der Waals surface area contributed by atoms with Gasteiger partial charge in [-0.1, -0.05) is 126 Å². The van der Waals surface area contributed by atoms with Crippen LogP contribution in [0.5, 0.6) is 0 Å². The number of rotatable bonds is 5. The molecular weight excluding hydrogens is 577 g/mol. The molecule has 228 valence electrons. The molecule has 2 nitrogen and oxygen atoms in total. The maximum atomic E-state index is 5.26. The molecule has 0 unspecified atom stereocenters. The highest BCUT2D eigenvalue weighted by Gasteiger charge is 2.21. The molecule has 7 rings (SSSR count). The number of pyridine rings is 1. The fourth-order valence-electron chi connectivity index (χ4n) is 6.06. The van der Waals surface area contributed by atoms with Crippen molar-refractivity contribution in [2.75, 3.05) is 0 Å². The van der Waals surface area contributed by atoms with Crippen molar-refractivity contribution in [3.05, 3.63) is 139 Å². The van der Waals surface area contributed by atoms with E-state index < -0.39 is 0 Å². The molecule has 0 aliphatic rings. The number of aromatic amines is 1. The Balaban J connectivity index is 1.34. The molecule has 3 heteroatoms. The summed E-state index contributed by atoms with van der Waals surface area (Å²) in [5.41, 5.74) is 11.9. The number of fused-ring (bicyclic) bond motifs is 3. The van der Waals surface area contributed by atoms with E-state index in [2.05, 4.69) is 174 Å². The average molecular weight is 617 g/mol. The van der Waals surface area contributed by atoms with Crippen LogP contribution >= 0.6 is 11.8 Å². The lowest BCUT2D eigenvalue weighted by atomic mass is 9.85. The van der Waals surface area contributed by atoms with Gasteiger partial charge in [-0.2, -0.15) is 0 Å². The Hall–Kier alpha value is -4.60. The maximum absolute atomic E-state index is 5.26. The second kappa shape index (κ2) is 11.6. The average Bonchev–Trinajstić information content (AvgIpc) is 3.43. The first-order valence-corrected chi connectivity index (χ1v) is 16.9. The predicted molar refractivity (Wildman–Crippen MR) is 198 cm³/mol. The molecule has 5 aromatic carbocycles. The minimum Gasteiger partial charge on any atom is -0.354 e. The maximum Gasteiger partial charge on any atom is 0.102 e. The molecule has 0 bridgehead atoms. The fraction of sp³-hybridized carbons (Fsp3) is 0.186. The minimum atomic E-state index is 0.00965. The summed E-state index contributed by atoms with van der Waals surface area (Å²) in [5, 5.41) is 3.53. The smallest absolute Gasteiger partial charge is 0.102 e. The van der Waals surface area contributed by atoms with Gasteiger partial charge in [0.2, 0.25) is 0 Å². The molecule has 46 heavy (non-hydrogen) atoms. The standard InChI is InChI=1S/C43H40N2S/c1-42(2,3)33-20-21-38-35(25-33)36-26-34(43(4,5)6)27-39(41(36)45-38)46-40-19-13-18-37(44-40)32-23-30(28-14-9-7-10-15-28)22-31(24-32)29-16-11-8-12-17-29/h7-27,45H,1-6H3. The molecule has 2 aromatic heterocycles. The Morgan fingerprint density at radius 1 is 0.500 bits per heavy atom. The third kappa shape index (κ3) is 6.00. The van der Waals surface area contributed by atoms with Crippen molar-refractivity contribution < 1.29 is 0 Å². The Morgan fingerprint density at radius 3 is 1.70 bits per heavy atom. The van der Waals surface area contributed by atoms with Gasteiger partial charge in [0, 0.05) is 26.7 Å². The van der Waals surface area contributed by atoms with Gasteiger partial charge in [0.15, 0.2) is 0 Å². The molecule has 0 spiro atoms. The molecule has 1 N–H and O–H groups in total. The first kappa shape index (κ1) is 30.1. The van der Waals surface area contributed by atoms with Crippen LogP contribution in [0.15, 0.2) is 137 Å². The van der Waals surface area contributed by atoms with Crippen LogP contribution in [0.3, 0.4) is 0 Å². The van der Waals surface area contributed by atoms with E-state index in [-0.39, 0.29) is 10.8 Å². The molecule has 7 aromatic rings. The SMILES string of the molecule is CC(C)(C)c1ccc2[nH]c3c(Sc4cccc(-c5cc(-c6ccccc6)cc(-c6ccccc6)c5)n4)cc(C(C)(C)C)cc3c2c1. The van der Waals surface area contributed by atoms with E-state index in [4.69, 9.17) is 4.98 Å². The summed E-state index contributed by atoms with van der Waals surface area (Å²) < 4.78 is 0. The molecule has 0 aliphatic heterocycles. The summed E-state index contributed by atoms with van der Waals surface area (Å²) in [6.45, 7) is 13.7. The molecule has 0 saturated heterocycles. The Labute approximate surface area is 276 Å². The number of H-pyrrole nitrogens is 1. The Morgan fingerprint density at radius 2 is 1.09 bits per heavy atom. The first-order valence-electron chi connectivity index (χ1n) is 16.0. The zero-order chi connectivity index (χ0) is 32.1. The number of benzene rings is 5. The molecule has 0 amide bonds. The summed E-state index contributed by atoms with van der Waals surface area (Å²) in [6, 6.07) is 46.0. The number of nitrogens with one attached hydrogen (secondary N) is 1. The summed E-state index contributed by atoms with van der Waals surface area (Å²) in [7, 11) is 0. The third-order valence-electron chi connectivity index (χ3n) is 8.78. The van der Waals surface area contributed by atoms with Crippen molar-refractivity contribution >= 4 is 33.6 Å². The van der Waals surface area contributed by atoms with Crippen molar-refractivity contribution in [1.82, 2.24) is 9.97 Å². The summed E-state index contributed by atoms with van der Waals surface area (Å²) in [5.74, 6) is 0. The van der Waals surface area contributed by atoms with Crippen molar-refractivity contribution in [3.63, 3.8) is 0 Å². The van der Waals surface area contributed by atoms with Crippen molar-refractivity contribution in [2.24, 2.45) is 0 Å². The lowest BCUT2D eigenvalue weighted by Crippen LogP contribution is -2.11. The molecule has 0 aliphatic carbocycles. The Kier molecular flexibility index (Phi) is 7.61. The summed E-state index contributed by atoms with van der Waals surface area (Å²) >= 11 is 1.74. The van der Waals surface area contributed by atoms with Gasteiger partial charge in [-0.3, -0.25) is 0 Å². The van der Waals surface area contributed by atoms with E-state index in [1.54, 1.807) is 11.8 Å². The van der Waals surface area contributed by atoms with Gasteiger partial charge in [-0.05, 0) is 98.8 Å². The van der Waals surface area contributed by atoms with Crippen molar-refractivity contribution in [2.45, 2.75) is 62.3 Å². The van der Waals surface area contributed by atoms with Gasteiger partial charge in [0.05, 0.1) is 11.2 Å². The molecule has 0 radical (unpaired) electrons. The zero-order valence-corrected chi connectivity index (χ0v) is 28.3. The minimum absolute atomic E-state index is 0.00965. The van der Waals surface area contributed by atoms with Gasteiger partial charge in [-0.25, -0.2) is 4.98 Å². The second-order valence-corrected chi connectivity index (χ2v) is 15.3. The predicted octanol–water partition coefficient (Wildman–Crippen LogP) is 12.5. The number of aromatic nitrogens is 2. The number of hydrogen-bond acceptors (Lipinski definition) is 2. The lowest BCUT2D eigenvalue weighted by molar-refractivity contribution is 0.589. The van der Waals surface area contributed by atoms with Crippen LogP contribution in [-0.2, 0) is 10.8 Å². The largest absolute Gasteiger partial charge is 0.354 e. The normalized spacial score (nSPS) is 12.2. The van der Waals surface area contributed by atoms with E-state index in [1.807, 2.05) is 0 Å². The Bertz CT molecular complexity index is 2120. The third-order valence-corrected chi connectivity index (χ3v) is 9.76. The van der Waals surface area contributed by atoms with Crippen LogP contribution in [0.1, 0.15) is 52.7 Å². The summed E-state index contributed by atoms with van der Waals surface area (Å²) in [4.78, 5) is 10.2. The second-order valence-electron chi connectivity index (χ2n) is 14.3. The van der Waals surface area contributed by atoms with Gasteiger partial charge in [-0.15, -0.1) is 0 Å². The quantitative estimate of drug-likeness (QED) is 0.208. The van der Waals surface area contributed by atoms with Gasteiger partial charge >= 0.3 is 0 Å². The van der Waals surface area contributed by atoms with Crippen molar-refractivity contribution in [3.8, 4) is 33.5 Å². The van der Waals surface area contributed by atoms with Gasteiger partial charge in [0.1, 0.15) is 5.03 Å². The van der Waals surface area contributed by atoms with E-state index in [0.29, 0.717) is 0 Å². The topological polar surface area (TPSA) is 28.7 Å². The lowest BCUT2D eigenvalue weighted by Gasteiger charge is -2.21. The molecule has 0 saturated carbocycles. The van der Waals surface area contributed by atoms with Crippen LogP contribution in [0.25, 0.3) is 55.3 Å². The molecule has 0 atom stereocenters. The van der Waals surface area contributed by atoms with E-state index >= 15 is 0 Å². The van der Waals surface area contributed by atoms with Crippen LogP contribution in [0.4, 0.5) is 0 Å². The van der Waals surface area contributed by atoms with Crippen molar-refractivity contribution in [1.29, 1.82) is 0 Å². The highest BCUT2D eigenvalue weighted by Crippen LogP contribution is 2.41. The van der Waals surface area contributed by atoms with E-state index in [0.717, 1.165) is 16.3 Å². The number of hydrogen-bond donors (Lipinski definition) is 1. The van der Waals surface area contributed by atoms with Gasteiger partial charge in [0.25, 0.3) is 0 Å².